The predicted octanol–water partition coefficient (Wildman–Crippen LogP) is 7.72. The van der Waals surface area contributed by atoms with E-state index in [4.69, 9.17) is 16.3 Å². The average molecular weight is 870 g/mol. The van der Waals surface area contributed by atoms with Gasteiger partial charge in [-0.3, -0.25) is 30.1 Å². The third-order valence-electron chi connectivity index (χ3n) is 11.8. The van der Waals surface area contributed by atoms with Gasteiger partial charge in [0.25, 0.3) is 10.0 Å². The number of nitrogens with zero attached hydrogens (tertiary/aromatic N) is 5. The molecule has 15 heteroatoms. The van der Waals surface area contributed by atoms with Crippen LogP contribution in [0.4, 0.5) is 17.2 Å². The summed E-state index contributed by atoms with van der Waals surface area (Å²) >= 11 is 7.92. The quantitative estimate of drug-likeness (QED) is 0.0572. The number of rotatable bonds is 16. The minimum absolute atomic E-state index is 0.0143. The summed E-state index contributed by atoms with van der Waals surface area (Å²) in [6.07, 6.45) is 5.05. The molecule has 0 aliphatic carbocycles. The van der Waals surface area contributed by atoms with Crippen molar-refractivity contribution in [2.24, 2.45) is 0 Å². The molecule has 8 rings (SSSR count). The highest BCUT2D eigenvalue weighted by molar-refractivity contribution is 7.99. The molecule has 4 heterocycles. The van der Waals surface area contributed by atoms with Crippen molar-refractivity contribution in [3.05, 3.63) is 125 Å². The standard InChI is InChI=1S/C45H53ClN8O4S2/c46-35-12-10-33(11-13-35)40-9-5-4-6-34(40)29-53-21-17-37(18-22-53)54-23-19-41-44(30-54)47-32-48-45(41)51-60(56,57)39-14-15-42(43(28-39)50-55)49-36(16-20-52-24-26-58-27-25-52)31-59-38-7-2-1-3-8-38/h1-15,28,32,36-37,49-50,55H,16-27,29-31H2,(H,47,48,51)/t36-/m1/s1. The molecule has 0 bridgehead atoms. The van der Waals surface area contributed by atoms with Gasteiger partial charge in [-0.1, -0.05) is 66.2 Å². The Morgan fingerprint density at radius 1 is 0.867 bits per heavy atom. The Kier molecular flexibility index (Phi) is 14.2. The highest BCUT2D eigenvalue weighted by Gasteiger charge is 2.31. The van der Waals surface area contributed by atoms with Crippen molar-refractivity contribution in [2.45, 2.75) is 60.6 Å². The van der Waals surface area contributed by atoms with Gasteiger partial charge in [0.15, 0.2) is 0 Å². The van der Waals surface area contributed by atoms with E-state index in [-0.39, 0.29) is 16.6 Å². The maximum absolute atomic E-state index is 13.9. The van der Waals surface area contributed by atoms with Gasteiger partial charge in [0.05, 0.1) is 35.2 Å². The molecule has 3 aliphatic rings. The minimum Gasteiger partial charge on any atom is -0.380 e. The van der Waals surface area contributed by atoms with E-state index >= 15 is 0 Å². The van der Waals surface area contributed by atoms with Crippen LogP contribution in [0.2, 0.25) is 5.02 Å². The van der Waals surface area contributed by atoms with Crippen molar-refractivity contribution in [3.63, 3.8) is 0 Å². The maximum atomic E-state index is 13.9. The molecule has 2 saturated heterocycles. The molecule has 0 spiro atoms. The number of thioether (sulfide) groups is 1. The van der Waals surface area contributed by atoms with Crippen molar-refractivity contribution in [1.82, 2.24) is 24.7 Å². The van der Waals surface area contributed by atoms with Gasteiger partial charge in [-0.05, 0) is 97.9 Å². The number of morpholine rings is 1. The van der Waals surface area contributed by atoms with Crippen molar-refractivity contribution in [2.75, 3.05) is 73.8 Å². The smallest absolute Gasteiger partial charge is 0.263 e. The summed E-state index contributed by atoms with van der Waals surface area (Å²) < 4.78 is 36.0. The Labute approximate surface area is 362 Å². The van der Waals surface area contributed by atoms with Crippen LogP contribution < -0.4 is 15.5 Å². The van der Waals surface area contributed by atoms with Crippen LogP contribution in [0.3, 0.4) is 0 Å². The maximum Gasteiger partial charge on any atom is 0.263 e. The lowest BCUT2D eigenvalue weighted by atomic mass is 9.96. The van der Waals surface area contributed by atoms with E-state index in [1.165, 1.54) is 34.0 Å². The Morgan fingerprint density at radius 3 is 2.42 bits per heavy atom. The van der Waals surface area contributed by atoms with Crippen LogP contribution >= 0.6 is 23.4 Å². The van der Waals surface area contributed by atoms with Gasteiger partial charge in [0.1, 0.15) is 12.1 Å². The van der Waals surface area contributed by atoms with Gasteiger partial charge in [0.2, 0.25) is 0 Å². The third kappa shape index (κ3) is 10.8. The molecular formula is C45H53ClN8O4S2. The number of aromatic nitrogens is 2. The molecule has 2 fully saturated rings. The van der Waals surface area contributed by atoms with Crippen LogP contribution in [0.5, 0.6) is 0 Å². The number of sulfonamides is 1. The highest BCUT2D eigenvalue weighted by Crippen LogP contribution is 2.33. The van der Waals surface area contributed by atoms with E-state index in [0.29, 0.717) is 30.5 Å². The van der Waals surface area contributed by atoms with Gasteiger partial charge in [-0.15, -0.1) is 11.8 Å². The molecule has 1 aromatic heterocycles. The highest BCUT2D eigenvalue weighted by atomic mass is 35.5. The Bertz CT molecular complexity index is 2290. The number of piperidine rings is 1. The molecule has 3 aliphatic heterocycles. The summed E-state index contributed by atoms with van der Waals surface area (Å²) in [5.41, 5.74) is 8.53. The fourth-order valence-corrected chi connectivity index (χ4v) is 10.6. The summed E-state index contributed by atoms with van der Waals surface area (Å²) in [6.45, 7) is 8.51. The zero-order chi connectivity index (χ0) is 41.3. The number of likely N-dealkylation sites (tertiary alicyclic amines) is 1. The minimum atomic E-state index is -4.05. The lowest BCUT2D eigenvalue weighted by Crippen LogP contribution is -2.46. The molecule has 316 valence electrons. The molecule has 0 saturated carbocycles. The number of anilines is 3. The summed E-state index contributed by atoms with van der Waals surface area (Å²) in [5.74, 6) is 1.09. The first-order chi connectivity index (χ1) is 29.3. The molecule has 60 heavy (non-hydrogen) atoms. The lowest BCUT2D eigenvalue weighted by molar-refractivity contribution is 0.0370. The molecule has 0 radical (unpaired) electrons. The van der Waals surface area contributed by atoms with Crippen LogP contribution in [-0.2, 0) is 34.3 Å². The number of ether oxygens (including phenoxy) is 1. The van der Waals surface area contributed by atoms with Crippen LogP contribution in [0.25, 0.3) is 11.1 Å². The fraction of sp³-hybridized carbons (Fsp3) is 0.378. The summed E-state index contributed by atoms with van der Waals surface area (Å²) in [4.78, 5) is 17.6. The van der Waals surface area contributed by atoms with E-state index in [9.17, 15) is 13.6 Å². The van der Waals surface area contributed by atoms with Gasteiger partial charge in [0, 0.05) is 72.6 Å². The fourth-order valence-electron chi connectivity index (χ4n) is 8.42. The Hall–Kier alpha value is -4.25. The first kappa shape index (κ1) is 42.4. The Morgan fingerprint density at radius 2 is 1.63 bits per heavy atom. The molecule has 4 N–H and O–H groups in total. The number of nitrogens with one attached hydrogen (secondary N) is 3. The van der Waals surface area contributed by atoms with Crippen molar-refractivity contribution in [1.29, 1.82) is 0 Å². The second-order valence-electron chi connectivity index (χ2n) is 15.7. The third-order valence-corrected chi connectivity index (χ3v) is 14.5. The number of fused-ring (bicyclic) bond motifs is 1. The predicted molar refractivity (Wildman–Crippen MR) is 240 cm³/mol. The van der Waals surface area contributed by atoms with Crippen molar-refractivity contribution >= 4 is 50.6 Å². The molecule has 0 amide bonds. The largest absolute Gasteiger partial charge is 0.380 e. The summed E-state index contributed by atoms with van der Waals surface area (Å²) in [7, 11) is -4.05. The van der Waals surface area contributed by atoms with Crippen LogP contribution in [0, 0.1) is 0 Å². The summed E-state index contributed by atoms with van der Waals surface area (Å²) in [6, 6.07) is 32.1. The van der Waals surface area contributed by atoms with Gasteiger partial charge >= 0.3 is 0 Å². The average Bonchev–Trinajstić information content (AvgIpc) is 3.28. The molecular weight excluding hydrogens is 816 g/mol. The molecule has 1 atom stereocenters. The second-order valence-corrected chi connectivity index (χ2v) is 18.9. The van der Waals surface area contributed by atoms with Crippen molar-refractivity contribution < 1.29 is 18.4 Å². The van der Waals surface area contributed by atoms with Gasteiger partial charge < -0.3 is 10.1 Å². The van der Waals surface area contributed by atoms with E-state index < -0.39 is 10.0 Å². The van der Waals surface area contributed by atoms with Crippen LogP contribution in [0.1, 0.15) is 36.1 Å². The van der Waals surface area contributed by atoms with E-state index in [2.05, 4.69) is 88.7 Å². The van der Waals surface area contributed by atoms with Gasteiger partial charge in [-0.2, -0.15) is 0 Å². The van der Waals surface area contributed by atoms with E-state index in [1.807, 2.05) is 30.3 Å². The van der Waals surface area contributed by atoms with E-state index in [0.717, 1.165) is 100 Å². The normalized spacial score (nSPS) is 17.5. The number of hydrogen-bond acceptors (Lipinski definition) is 12. The Balaban J connectivity index is 0.887. The lowest BCUT2D eigenvalue weighted by Gasteiger charge is -2.40. The first-order valence-corrected chi connectivity index (χ1v) is 23.6. The number of halogens is 1. The zero-order valence-corrected chi connectivity index (χ0v) is 36.1. The second kappa shape index (κ2) is 20.1. The first-order valence-electron chi connectivity index (χ1n) is 20.8. The molecule has 0 unspecified atom stereocenters. The molecule has 12 nitrogen and oxygen atoms in total. The van der Waals surface area contributed by atoms with Crippen LogP contribution in [-0.4, -0.2) is 109 Å². The van der Waals surface area contributed by atoms with Crippen LogP contribution in [0.15, 0.2) is 113 Å². The number of hydrogen-bond donors (Lipinski definition) is 4. The zero-order valence-electron chi connectivity index (χ0n) is 33.7. The monoisotopic (exact) mass is 868 g/mol. The van der Waals surface area contributed by atoms with E-state index in [1.54, 1.807) is 23.9 Å². The topological polar surface area (TPSA) is 135 Å². The summed E-state index contributed by atoms with van der Waals surface area (Å²) in [5, 5.41) is 14.5. The number of benzene rings is 4. The van der Waals surface area contributed by atoms with Gasteiger partial charge in [-0.25, -0.2) is 18.4 Å². The SMILES string of the molecule is O=S(=O)(Nc1ncnc2c1CCN(C1CCN(Cc3ccccc3-c3ccc(Cl)cc3)CC1)C2)c1ccc(N[C@H](CCN2CCOCC2)CSc2ccccc2)c(NO)c1. The van der Waals surface area contributed by atoms with Crippen molar-refractivity contribution in [3.8, 4) is 11.1 Å². The molecule has 4 aromatic carbocycles. The molecule has 5 aromatic rings.